The molecule has 1 heterocycles. The highest BCUT2D eigenvalue weighted by Crippen LogP contribution is 2.21. The van der Waals surface area contributed by atoms with Crippen LogP contribution < -0.4 is 0 Å². The number of carbonyl (C=O) groups is 1. The molecule has 0 saturated heterocycles. The van der Waals surface area contributed by atoms with Gasteiger partial charge in [-0.1, -0.05) is 15.9 Å². The van der Waals surface area contributed by atoms with E-state index in [1.807, 2.05) is 18.7 Å². The molecule has 0 aromatic carbocycles. The number of Topliss-reactive ketones (excluding diaryl/α,β-unsaturated/α-hetero) is 1. The van der Waals surface area contributed by atoms with Crippen molar-refractivity contribution >= 4 is 37.6 Å². The number of rotatable bonds is 6. The van der Waals surface area contributed by atoms with E-state index in [1.54, 1.807) is 0 Å². The number of aryl methyl sites for hydroxylation is 2. The van der Waals surface area contributed by atoms with Crippen LogP contribution in [0.1, 0.15) is 30.7 Å². The minimum Gasteiger partial charge on any atom is -0.300 e. The molecule has 0 amide bonds. The lowest BCUT2D eigenvalue weighted by Crippen LogP contribution is -2.04. The summed E-state index contributed by atoms with van der Waals surface area (Å²) >= 11 is 6.83. The van der Waals surface area contributed by atoms with Gasteiger partial charge in [-0.3, -0.25) is 9.48 Å². The van der Waals surface area contributed by atoms with E-state index in [0.29, 0.717) is 18.6 Å². The second-order valence-corrected chi connectivity index (χ2v) is 5.39. The number of ketones is 1. The predicted molar refractivity (Wildman–Crippen MR) is 72.0 cm³/mol. The summed E-state index contributed by atoms with van der Waals surface area (Å²) in [6.07, 6.45) is 2.95. The highest BCUT2D eigenvalue weighted by Gasteiger charge is 2.11. The third-order valence-electron chi connectivity index (χ3n) is 2.49. The second-order valence-electron chi connectivity index (χ2n) is 3.80. The summed E-state index contributed by atoms with van der Waals surface area (Å²) in [5.74, 6) is 0.324. The molecule has 0 aliphatic carbocycles. The maximum absolute atomic E-state index is 11.5. The third-order valence-corrected chi connectivity index (χ3v) is 4.08. The molecule has 0 aliphatic rings. The number of aromatic nitrogens is 2. The number of hydrogen-bond donors (Lipinski definition) is 0. The molecular weight excluding hydrogens is 336 g/mol. The van der Waals surface area contributed by atoms with Gasteiger partial charge in [0, 0.05) is 25.2 Å². The quantitative estimate of drug-likeness (QED) is 0.738. The molecule has 0 fully saturated rings. The standard InChI is InChI=1S/C11H16Br2N2O/c1-8-11(13)10(15(2)14-8)6-5-9(16)4-3-7-12/h3-7H2,1-2H3. The molecule has 90 valence electrons. The fourth-order valence-electron chi connectivity index (χ4n) is 1.60. The fraction of sp³-hybridized carbons (Fsp3) is 0.636. The zero-order valence-electron chi connectivity index (χ0n) is 9.59. The topological polar surface area (TPSA) is 34.9 Å². The molecule has 0 N–H and O–H groups in total. The van der Waals surface area contributed by atoms with Crippen molar-refractivity contribution < 1.29 is 4.79 Å². The average Bonchev–Trinajstić information content (AvgIpc) is 2.48. The summed E-state index contributed by atoms with van der Waals surface area (Å²) in [7, 11) is 1.91. The minimum atomic E-state index is 0.324. The Morgan fingerprint density at radius 1 is 1.44 bits per heavy atom. The second kappa shape index (κ2) is 6.55. The summed E-state index contributed by atoms with van der Waals surface area (Å²) in [6, 6.07) is 0. The Balaban J connectivity index is 2.51. The van der Waals surface area contributed by atoms with Crippen LogP contribution in [-0.4, -0.2) is 20.9 Å². The van der Waals surface area contributed by atoms with Crippen LogP contribution >= 0.6 is 31.9 Å². The fourth-order valence-corrected chi connectivity index (χ4v) is 2.41. The number of nitrogens with zero attached hydrogens (tertiary/aromatic N) is 2. The molecule has 1 aromatic heterocycles. The zero-order valence-corrected chi connectivity index (χ0v) is 12.8. The summed E-state index contributed by atoms with van der Waals surface area (Å²) in [5, 5.41) is 5.20. The number of carbonyl (C=O) groups excluding carboxylic acids is 1. The van der Waals surface area contributed by atoms with Gasteiger partial charge in [-0.05, 0) is 35.7 Å². The van der Waals surface area contributed by atoms with Gasteiger partial charge in [-0.25, -0.2) is 0 Å². The van der Waals surface area contributed by atoms with Crippen molar-refractivity contribution in [2.45, 2.75) is 32.6 Å². The molecule has 0 unspecified atom stereocenters. The van der Waals surface area contributed by atoms with Gasteiger partial charge in [0.25, 0.3) is 0 Å². The van der Waals surface area contributed by atoms with Gasteiger partial charge in [0.15, 0.2) is 0 Å². The summed E-state index contributed by atoms with van der Waals surface area (Å²) < 4.78 is 2.88. The van der Waals surface area contributed by atoms with E-state index < -0.39 is 0 Å². The highest BCUT2D eigenvalue weighted by atomic mass is 79.9. The SMILES string of the molecule is Cc1nn(C)c(CCC(=O)CCCBr)c1Br. The molecule has 0 spiro atoms. The third kappa shape index (κ3) is 3.70. The lowest BCUT2D eigenvalue weighted by molar-refractivity contribution is -0.119. The lowest BCUT2D eigenvalue weighted by Gasteiger charge is -2.02. The van der Waals surface area contributed by atoms with E-state index >= 15 is 0 Å². The van der Waals surface area contributed by atoms with E-state index in [-0.39, 0.29) is 0 Å². The molecule has 0 aliphatic heterocycles. The van der Waals surface area contributed by atoms with Crippen LogP contribution in [0.15, 0.2) is 4.47 Å². The smallest absolute Gasteiger partial charge is 0.133 e. The van der Waals surface area contributed by atoms with Crippen molar-refractivity contribution in [3.05, 3.63) is 15.9 Å². The molecule has 16 heavy (non-hydrogen) atoms. The van der Waals surface area contributed by atoms with Crippen molar-refractivity contribution in [1.29, 1.82) is 0 Å². The Hall–Kier alpha value is -0.160. The van der Waals surface area contributed by atoms with Gasteiger partial charge in [0.1, 0.15) is 5.78 Å². The Morgan fingerprint density at radius 2 is 2.12 bits per heavy atom. The Labute approximate surface area is 113 Å². The molecule has 5 heteroatoms. The minimum absolute atomic E-state index is 0.324. The molecular formula is C11H16Br2N2O. The number of halogens is 2. The number of alkyl halides is 1. The van der Waals surface area contributed by atoms with E-state index in [4.69, 9.17) is 0 Å². The first-order valence-electron chi connectivity index (χ1n) is 5.32. The average molecular weight is 352 g/mol. The van der Waals surface area contributed by atoms with Crippen LogP contribution in [0.2, 0.25) is 0 Å². The van der Waals surface area contributed by atoms with E-state index in [2.05, 4.69) is 37.0 Å². The lowest BCUT2D eigenvalue weighted by atomic mass is 10.1. The van der Waals surface area contributed by atoms with E-state index in [9.17, 15) is 4.79 Å². The first-order chi connectivity index (χ1) is 7.56. The maximum atomic E-state index is 11.5. The van der Waals surface area contributed by atoms with Crippen LogP contribution in [0.3, 0.4) is 0 Å². The van der Waals surface area contributed by atoms with Crippen molar-refractivity contribution in [2.24, 2.45) is 7.05 Å². The molecule has 1 aromatic rings. The van der Waals surface area contributed by atoms with Crippen molar-refractivity contribution in [1.82, 2.24) is 9.78 Å². The molecule has 3 nitrogen and oxygen atoms in total. The summed E-state index contributed by atoms with van der Waals surface area (Å²) in [6.45, 7) is 1.96. The summed E-state index contributed by atoms with van der Waals surface area (Å²) in [5.41, 5.74) is 2.08. The van der Waals surface area contributed by atoms with Crippen LogP contribution in [0.4, 0.5) is 0 Å². The van der Waals surface area contributed by atoms with Gasteiger partial charge < -0.3 is 0 Å². The van der Waals surface area contributed by atoms with Crippen LogP contribution in [0, 0.1) is 6.92 Å². The predicted octanol–water partition coefficient (Wildman–Crippen LogP) is 3.17. The molecule has 1 rings (SSSR count). The van der Waals surface area contributed by atoms with Gasteiger partial charge >= 0.3 is 0 Å². The van der Waals surface area contributed by atoms with Crippen molar-refractivity contribution in [2.75, 3.05) is 5.33 Å². The Kier molecular flexibility index (Phi) is 5.69. The van der Waals surface area contributed by atoms with Crippen LogP contribution in [0.25, 0.3) is 0 Å². The molecule has 0 saturated carbocycles. The van der Waals surface area contributed by atoms with Gasteiger partial charge in [-0.2, -0.15) is 5.10 Å². The van der Waals surface area contributed by atoms with E-state index in [0.717, 1.165) is 34.0 Å². The Bertz CT molecular complexity index is 374. The molecule has 0 atom stereocenters. The van der Waals surface area contributed by atoms with E-state index in [1.165, 1.54) is 0 Å². The van der Waals surface area contributed by atoms with Crippen LogP contribution in [-0.2, 0) is 18.3 Å². The van der Waals surface area contributed by atoms with Gasteiger partial charge in [0.05, 0.1) is 15.9 Å². The molecule has 0 radical (unpaired) electrons. The highest BCUT2D eigenvalue weighted by molar-refractivity contribution is 9.10. The molecule has 0 bridgehead atoms. The largest absolute Gasteiger partial charge is 0.300 e. The summed E-state index contributed by atoms with van der Waals surface area (Å²) in [4.78, 5) is 11.5. The number of hydrogen-bond acceptors (Lipinski definition) is 2. The van der Waals surface area contributed by atoms with Crippen molar-refractivity contribution in [3.63, 3.8) is 0 Å². The zero-order chi connectivity index (χ0) is 12.1. The van der Waals surface area contributed by atoms with Gasteiger partial charge in [-0.15, -0.1) is 0 Å². The normalized spacial score (nSPS) is 10.8. The maximum Gasteiger partial charge on any atom is 0.133 e. The van der Waals surface area contributed by atoms with Crippen molar-refractivity contribution in [3.8, 4) is 0 Å². The monoisotopic (exact) mass is 350 g/mol. The Morgan fingerprint density at radius 3 is 2.62 bits per heavy atom. The first kappa shape index (κ1) is 13.9. The first-order valence-corrected chi connectivity index (χ1v) is 7.23. The van der Waals surface area contributed by atoms with Gasteiger partial charge in [0.2, 0.25) is 0 Å². The van der Waals surface area contributed by atoms with Crippen LogP contribution in [0.5, 0.6) is 0 Å².